The van der Waals surface area contributed by atoms with E-state index in [9.17, 15) is 0 Å². The van der Waals surface area contributed by atoms with Crippen LogP contribution in [0.1, 0.15) is 9.68 Å². The number of furan rings is 1. The Morgan fingerprint density at radius 2 is 2.00 bits per heavy atom. The highest BCUT2D eigenvalue weighted by Crippen LogP contribution is 2.38. The normalized spacial score (nSPS) is 17.8. The summed E-state index contributed by atoms with van der Waals surface area (Å²) in [6.45, 7) is 0.155. The van der Waals surface area contributed by atoms with Crippen molar-refractivity contribution >= 4 is 27.6 Å². The Morgan fingerprint density at radius 1 is 1.10 bits per heavy atom. The fraction of sp³-hybridized carbons (Fsp3) is 0.176. The van der Waals surface area contributed by atoms with Gasteiger partial charge >= 0.3 is 0 Å². The average molecular weight is 267 g/mol. The Balaban J connectivity index is 1.87. The van der Waals surface area contributed by atoms with Crippen molar-refractivity contribution in [2.24, 2.45) is 0 Å². The highest BCUT2D eigenvalue weighted by molar-refractivity contribution is 6.09. The van der Waals surface area contributed by atoms with E-state index in [2.05, 4.69) is 6.07 Å². The lowest BCUT2D eigenvalue weighted by atomic mass is 10.1. The number of benzene rings is 2. The Labute approximate surface area is 121 Å². The lowest BCUT2D eigenvalue weighted by molar-refractivity contribution is 0.495. The van der Waals surface area contributed by atoms with Gasteiger partial charge in [-0.25, -0.2) is 0 Å². The Hall–Kier alpha value is -2.42. The van der Waals surface area contributed by atoms with E-state index in [1.165, 1.54) is 4.90 Å². The molecule has 1 aliphatic rings. The Kier molecular flexibility index (Phi) is 1.75. The highest BCUT2D eigenvalue weighted by Gasteiger charge is 2.19. The first-order chi connectivity index (χ1) is 10.9. The third-order valence-corrected chi connectivity index (χ3v) is 3.74. The van der Waals surface area contributed by atoms with E-state index in [0.29, 0.717) is 0 Å². The molecule has 0 spiro atoms. The van der Waals surface area contributed by atoms with Crippen LogP contribution in [0.2, 0.25) is 0 Å². The minimum Gasteiger partial charge on any atom is -0.454 e. The molecule has 0 saturated carbocycles. The molecule has 0 atom stereocenters. The van der Waals surface area contributed by atoms with Crippen molar-refractivity contribution < 1.29 is 8.53 Å². The van der Waals surface area contributed by atoms with Crippen molar-refractivity contribution in [2.75, 3.05) is 18.5 Å². The molecule has 0 bridgehead atoms. The molecule has 0 N–H and O–H groups in total. The van der Waals surface area contributed by atoms with E-state index >= 15 is 0 Å². The zero-order valence-corrected chi connectivity index (χ0v) is 11.1. The van der Waals surface area contributed by atoms with Gasteiger partial charge in [0.15, 0.2) is 5.58 Å². The van der Waals surface area contributed by atoms with E-state index in [4.69, 9.17) is 8.53 Å². The second-order valence-electron chi connectivity index (χ2n) is 5.09. The number of fused-ring (bicyclic) bond motifs is 3. The molecule has 4 rings (SSSR count). The van der Waals surface area contributed by atoms with Crippen molar-refractivity contribution in [1.29, 1.82) is 0 Å². The summed E-state index contributed by atoms with van der Waals surface area (Å²) in [7, 11) is 0. The number of hydrogen-bond acceptors (Lipinski definition) is 3. The molecule has 0 aliphatic carbocycles. The van der Waals surface area contributed by atoms with Crippen LogP contribution in [0, 0.1) is 6.92 Å². The fourth-order valence-corrected chi connectivity index (χ4v) is 2.79. The number of aryl methyl sites for hydroxylation is 1. The summed E-state index contributed by atoms with van der Waals surface area (Å²) in [5.74, 6) is 0. The monoisotopic (exact) mass is 267 g/mol. The van der Waals surface area contributed by atoms with Crippen molar-refractivity contribution in [2.45, 2.75) is 6.92 Å². The van der Waals surface area contributed by atoms with E-state index in [1.807, 2.05) is 42.2 Å². The molecular weight excluding hydrogens is 248 g/mol. The largest absolute Gasteiger partial charge is 0.454 e. The van der Waals surface area contributed by atoms with Gasteiger partial charge in [0, 0.05) is 34.3 Å². The summed E-state index contributed by atoms with van der Waals surface area (Å²) >= 11 is 0. The maximum atomic E-state index is 7.54. The second kappa shape index (κ2) is 4.04. The number of hydrogen-bond donors (Lipinski definition) is 0. The van der Waals surface area contributed by atoms with Crippen LogP contribution in [0.4, 0.5) is 5.69 Å². The van der Waals surface area contributed by atoms with Crippen LogP contribution in [0.15, 0.2) is 53.2 Å². The summed E-state index contributed by atoms with van der Waals surface area (Å²) in [6.07, 6.45) is 3.40. The van der Waals surface area contributed by atoms with E-state index < -0.39 is 6.98 Å². The molecule has 3 heteroatoms. The van der Waals surface area contributed by atoms with Gasteiger partial charge in [-0.05, 0) is 18.6 Å². The molecule has 0 fully saturated rings. The van der Waals surface area contributed by atoms with Crippen molar-refractivity contribution in [3.8, 4) is 0 Å². The first-order valence-electron chi connectivity index (χ1n) is 8.08. The van der Waals surface area contributed by atoms with Crippen LogP contribution in [0.5, 0.6) is 0 Å². The quantitative estimate of drug-likeness (QED) is 0.662. The fourth-order valence-electron chi connectivity index (χ4n) is 2.79. The van der Waals surface area contributed by atoms with Gasteiger partial charge < -0.3 is 14.2 Å². The second-order valence-corrected chi connectivity index (χ2v) is 5.09. The van der Waals surface area contributed by atoms with Gasteiger partial charge in [0.05, 0.1) is 12.4 Å². The molecule has 1 aliphatic heterocycles. The predicted molar refractivity (Wildman–Crippen MR) is 82.7 cm³/mol. The van der Waals surface area contributed by atoms with Gasteiger partial charge in [-0.3, -0.25) is 0 Å². The molecule has 0 amide bonds. The Bertz CT molecular complexity index is 927. The maximum Gasteiger partial charge on any atom is 0.159 e. The molecule has 0 radical (unpaired) electrons. The molecule has 20 heavy (non-hydrogen) atoms. The molecule has 3 aromatic rings. The summed E-state index contributed by atoms with van der Waals surface area (Å²) < 4.78 is 28.7. The lowest BCUT2D eigenvalue weighted by Crippen LogP contribution is -2.22. The molecule has 2 heterocycles. The van der Waals surface area contributed by atoms with Crippen LogP contribution >= 0.6 is 0 Å². The first kappa shape index (κ1) is 8.69. The summed E-state index contributed by atoms with van der Waals surface area (Å²) in [4.78, 5) is 3.26. The molecule has 3 nitrogen and oxygen atoms in total. The number of rotatable bonds is 1. The van der Waals surface area contributed by atoms with Crippen LogP contribution in [-0.2, 0) is 0 Å². The van der Waals surface area contributed by atoms with Crippen molar-refractivity contribution in [3.63, 3.8) is 0 Å². The van der Waals surface area contributed by atoms with Gasteiger partial charge in [0.25, 0.3) is 0 Å². The van der Waals surface area contributed by atoms with Gasteiger partial charge in [0.2, 0.25) is 0 Å². The van der Waals surface area contributed by atoms with Crippen LogP contribution < -0.4 is 4.90 Å². The van der Waals surface area contributed by atoms with Gasteiger partial charge in [-0.15, -0.1) is 0 Å². The number of para-hydroxylation sites is 1. The zero-order valence-electron chi connectivity index (χ0n) is 14.1. The standard InChI is InChI=1S/C17H16N2O/c1-12-7-8-14-13-5-3-4-6-15(13)20-17(14)16(12)19-10-9-18(2)11-19/h3-10H,11H2,1-2H3/i2D3. The van der Waals surface area contributed by atoms with E-state index in [0.717, 1.165) is 33.2 Å². The van der Waals surface area contributed by atoms with Gasteiger partial charge in [-0.1, -0.05) is 30.3 Å². The minimum absolute atomic E-state index is 0.285. The van der Waals surface area contributed by atoms with Gasteiger partial charge in [0.1, 0.15) is 5.58 Å². The third kappa shape index (κ3) is 1.53. The van der Waals surface area contributed by atoms with Crippen molar-refractivity contribution in [3.05, 3.63) is 54.4 Å². The summed E-state index contributed by atoms with van der Waals surface area (Å²) in [5.41, 5.74) is 3.60. The maximum absolute atomic E-state index is 7.54. The lowest BCUT2D eigenvalue weighted by Gasteiger charge is -2.20. The van der Waals surface area contributed by atoms with Crippen LogP contribution in [0.25, 0.3) is 21.9 Å². The number of nitrogens with zero attached hydrogens (tertiary/aromatic N) is 2. The molecule has 100 valence electrons. The number of anilines is 1. The van der Waals surface area contributed by atoms with Gasteiger partial charge in [-0.2, -0.15) is 0 Å². The third-order valence-electron chi connectivity index (χ3n) is 3.74. The molecule has 1 aromatic heterocycles. The first-order valence-corrected chi connectivity index (χ1v) is 6.58. The van der Waals surface area contributed by atoms with Crippen molar-refractivity contribution in [1.82, 2.24) is 4.90 Å². The van der Waals surface area contributed by atoms with Crippen LogP contribution in [0.3, 0.4) is 0 Å². The minimum atomic E-state index is -2.14. The average Bonchev–Trinajstić information content (AvgIpc) is 3.10. The highest BCUT2D eigenvalue weighted by atomic mass is 16.3. The van der Waals surface area contributed by atoms with Crippen LogP contribution in [-0.4, -0.2) is 18.5 Å². The summed E-state index contributed by atoms with van der Waals surface area (Å²) in [5, 5.41) is 2.11. The SMILES string of the molecule is [2H]C([2H])([2H])N1C=CN(c2c(C)ccc3c2oc2ccccc23)C1. The smallest absolute Gasteiger partial charge is 0.159 e. The topological polar surface area (TPSA) is 19.6 Å². The molecule has 2 aromatic carbocycles. The predicted octanol–water partition coefficient (Wildman–Crippen LogP) is 4.07. The molecule has 0 unspecified atom stereocenters. The van der Waals surface area contributed by atoms with E-state index in [-0.39, 0.29) is 6.67 Å². The zero-order chi connectivity index (χ0) is 16.2. The summed E-state index contributed by atoms with van der Waals surface area (Å²) in [6, 6.07) is 12.0. The Morgan fingerprint density at radius 3 is 2.85 bits per heavy atom. The molecular formula is C17H16N2O. The molecule has 0 saturated heterocycles. The van der Waals surface area contributed by atoms with E-state index in [1.54, 1.807) is 12.4 Å².